The molecule has 0 saturated carbocycles. The number of methoxy groups -OCH3 is 1. The minimum Gasteiger partial charge on any atom is -0.497 e. The number of fused-ring (bicyclic) bond motifs is 2. The second-order valence-corrected chi connectivity index (χ2v) is 19.7. The van der Waals surface area contributed by atoms with Crippen LogP contribution >= 0.6 is 11.3 Å². The Kier molecular flexibility index (Phi) is 12.7. The molecule has 0 radical (unpaired) electrons. The quantitative estimate of drug-likeness (QED) is 0.153. The van der Waals surface area contributed by atoms with Gasteiger partial charge >= 0.3 is 12.1 Å². The van der Waals surface area contributed by atoms with E-state index < -0.39 is 40.0 Å². The molecule has 0 spiro atoms. The topological polar surface area (TPSA) is 141 Å². The number of carboxylic acids is 1. The van der Waals surface area contributed by atoms with Crippen LogP contribution in [0.5, 0.6) is 5.75 Å². The lowest BCUT2D eigenvalue weighted by molar-refractivity contribution is -0.181. The highest BCUT2D eigenvalue weighted by atomic mass is 32.2. The van der Waals surface area contributed by atoms with Crippen molar-refractivity contribution in [2.45, 2.75) is 109 Å². The smallest absolute Gasteiger partial charge is 0.407 e. The van der Waals surface area contributed by atoms with E-state index in [4.69, 9.17) is 18.9 Å². The summed E-state index contributed by atoms with van der Waals surface area (Å²) in [6, 6.07) is 14.1. The number of rotatable bonds is 16. The van der Waals surface area contributed by atoms with Crippen LogP contribution in [-0.4, -0.2) is 81.2 Å². The van der Waals surface area contributed by atoms with Crippen molar-refractivity contribution in [1.29, 1.82) is 0 Å². The Hall–Kier alpha value is -3.49. The van der Waals surface area contributed by atoms with Crippen molar-refractivity contribution in [3.63, 3.8) is 0 Å². The van der Waals surface area contributed by atoms with Crippen LogP contribution in [0.4, 0.5) is 4.79 Å². The Morgan fingerprint density at radius 2 is 1.75 bits per heavy atom. The second-order valence-electron chi connectivity index (χ2n) is 16.5. The molecule has 2 saturated heterocycles. The molecule has 4 atom stereocenters. The molecule has 3 aliphatic rings. The van der Waals surface area contributed by atoms with Crippen molar-refractivity contribution >= 4 is 33.4 Å². The molecule has 300 valence electrons. The predicted octanol–water partition coefficient (Wildman–Crippen LogP) is 7.28. The Morgan fingerprint density at radius 1 is 1.04 bits per heavy atom. The number of ether oxygens (including phenoxy) is 4. The van der Waals surface area contributed by atoms with Crippen LogP contribution in [-0.2, 0) is 56.3 Å². The number of carbonyl (C=O) groups is 2. The van der Waals surface area contributed by atoms with Gasteiger partial charge in [-0.3, -0.25) is 0 Å². The van der Waals surface area contributed by atoms with Crippen LogP contribution in [0, 0.1) is 17.3 Å². The number of carboxylic acid groups (broad SMARTS) is 1. The molecule has 2 aliphatic heterocycles. The van der Waals surface area contributed by atoms with Gasteiger partial charge in [-0.2, -0.15) is 4.31 Å². The molecular weight excluding hydrogens is 741 g/mol. The molecule has 0 unspecified atom stereocenters. The standard InChI is InChI=1S/C42H56N2O9S2/c1-27(2)25-44(55(48,49)32-14-12-31(50-6)13-15-32)21-18-30(43-40(47)53-35-26-52-42(5)34(35)19-22-51-42)23-29-9-7-28(8-10-29)11-16-37-38(39(45)46)33-24-41(3,4)20-17-36(33)54-37/h7-10,12-15,27,30,34-35H,11,16-26H2,1-6H3,(H,43,47)(H,45,46)/t30-,34+,35+,42-/m1/s1. The van der Waals surface area contributed by atoms with Crippen molar-refractivity contribution in [3.05, 3.63) is 80.5 Å². The fourth-order valence-corrected chi connectivity index (χ4v) is 11.1. The van der Waals surface area contributed by atoms with Crippen LogP contribution in [0.25, 0.3) is 0 Å². The van der Waals surface area contributed by atoms with Crippen LogP contribution in [0.15, 0.2) is 53.4 Å². The number of aromatic carboxylic acids is 1. The molecule has 2 aromatic carbocycles. The number of thiophene rings is 1. The summed E-state index contributed by atoms with van der Waals surface area (Å²) in [5.74, 6) is -1.01. The summed E-state index contributed by atoms with van der Waals surface area (Å²) in [6.07, 6.45) is 4.67. The van der Waals surface area contributed by atoms with Crippen molar-refractivity contribution < 1.29 is 42.1 Å². The normalized spacial score (nSPS) is 22.3. The van der Waals surface area contributed by atoms with E-state index in [0.29, 0.717) is 50.1 Å². The summed E-state index contributed by atoms with van der Waals surface area (Å²) in [7, 11) is -2.30. The maximum atomic E-state index is 13.9. The summed E-state index contributed by atoms with van der Waals surface area (Å²) in [4.78, 5) is 28.1. The van der Waals surface area contributed by atoms with Crippen LogP contribution in [0.1, 0.15) is 90.7 Å². The first-order valence-corrected chi connectivity index (χ1v) is 21.7. The molecule has 2 fully saturated rings. The predicted molar refractivity (Wildman–Crippen MR) is 211 cm³/mol. The second kappa shape index (κ2) is 16.9. The zero-order chi connectivity index (χ0) is 39.5. The summed E-state index contributed by atoms with van der Waals surface area (Å²) >= 11 is 1.66. The van der Waals surface area contributed by atoms with Crippen LogP contribution < -0.4 is 10.1 Å². The molecule has 3 heterocycles. The Balaban J connectivity index is 1.16. The van der Waals surface area contributed by atoms with Crippen LogP contribution in [0.3, 0.4) is 0 Å². The van der Waals surface area contributed by atoms with Gasteiger partial charge in [0.25, 0.3) is 0 Å². The molecular formula is C42H56N2O9S2. The first-order chi connectivity index (χ1) is 26.1. The van der Waals surface area contributed by atoms with Gasteiger partial charge in [-0.15, -0.1) is 11.3 Å². The van der Waals surface area contributed by atoms with Crippen LogP contribution in [0.2, 0.25) is 0 Å². The fraction of sp³-hybridized carbons (Fsp3) is 0.571. The molecule has 2 N–H and O–H groups in total. The molecule has 1 aromatic heterocycles. The Morgan fingerprint density at radius 3 is 2.42 bits per heavy atom. The minimum atomic E-state index is -3.84. The zero-order valence-corrected chi connectivity index (χ0v) is 34.5. The van der Waals surface area contributed by atoms with E-state index in [2.05, 4.69) is 31.3 Å². The largest absolute Gasteiger partial charge is 0.497 e. The third-order valence-corrected chi connectivity index (χ3v) is 14.5. The number of hydrogen-bond acceptors (Lipinski definition) is 9. The van der Waals surface area contributed by atoms with E-state index in [9.17, 15) is 23.1 Å². The van der Waals surface area contributed by atoms with Gasteiger partial charge in [-0.05, 0) is 111 Å². The van der Waals surface area contributed by atoms with Gasteiger partial charge in [0.2, 0.25) is 10.0 Å². The molecule has 13 heteroatoms. The SMILES string of the molecule is COc1ccc(S(=O)(=O)N(CC[C@H](Cc2ccc(CCc3sc4c(c3C(=O)O)CC(C)(C)CC4)cc2)NC(=O)O[C@H]2CO[C@@]3(C)OCC[C@@H]23)CC(C)C)cc1. The fourth-order valence-electron chi connectivity index (χ4n) is 8.17. The highest BCUT2D eigenvalue weighted by Crippen LogP contribution is 2.43. The number of amides is 1. The average Bonchev–Trinajstić information content (AvgIpc) is 3.79. The van der Waals surface area contributed by atoms with Gasteiger partial charge in [0.1, 0.15) is 11.9 Å². The maximum absolute atomic E-state index is 13.9. The first kappa shape index (κ1) is 41.2. The van der Waals surface area contributed by atoms with E-state index in [-0.39, 0.29) is 35.3 Å². The lowest BCUT2D eigenvalue weighted by Crippen LogP contribution is -2.43. The van der Waals surface area contributed by atoms with Gasteiger partial charge in [-0.25, -0.2) is 18.0 Å². The number of nitrogens with zero attached hydrogens (tertiary/aromatic N) is 1. The van der Waals surface area contributed by atoms with Gasteiger partial charge in [0.05, 0.1) is 36.7 Å². The highest BCUT2D eigenvalue weighted by Gasteiger charge is 2.53. The van der Waals surface area contributed by atoms with Gasteiger partial charge in [-0.1, -0.05) is 52.0 Å². The van der Waals surface area contributed by atoms with Gasteiger partial charge in [0, 0.05) is 28.9 Å². The number of sulfonamides is 1. The molecule has 55 heavy (non-hydrogen) atoms. The summed E-state index contributed by atoms with van der Waals surface area (Å²) in [6.45, 7) is 11.5. The lowest BCUT2D eigenvalue weighted by atomic mass is 9.76. The number of carbonyl (C=O) groups excluding carboxylic acids is 1. The first-order valence-electron chi connectivity index (χ1n) is 19.4. The maximum Gasteiger partial charge on any atom is 0.407 e. The summed E-state index contributed by atoms with van der Waals surface area (Å²) < 4.78 is 52.0. The molecule has 0 bridgehead atoms. The van der Waals surface area contributed by atoms with E-state index in [1.807, 2.05) is 32.9 Å². The van der Waals surface area contributed by atoms with E-state index in [1.165, 1.54) is 16.3 Å². The number of alkyl carbamates (subject to hydrolysis) is 1. The molecule has 1 aliphatic carbocycles. The van der Waals surface area contributed by atoms with E-state index in [1.54, 1.807) is 35.6 Å². The van der Waals surface area contributed by atoms with E-state index in [0.717, 1.165) is 47.3 Å². The van der Waals surface area contributed by atoms with E-state index >= 15 is 0 Å². The molecule has 6 rings (SSSR count). The van der Waals surface area contributed by atoms with Crippen molar-refractivity contribution in [2.75, 3.05) is 33.4 Å². The zero-order valence-electron chi connectivity index (χ0n) is 32.9. The minimum absolute atomic E-state index is 0.0570. The van der Waals surface area contributed by atoms with Gasteiger partial charge < -0.3 is 29.4 Å². The molecule has 11 nitrogen and oxygen atoms in total. The van der Waals surface area contributed by atoms with Gasteiger partial charge in [0.15, 0.2) is 5.79 Å². The Bertz CT molecular complexity index is 1920. The van der Waals surface area contributed by atoms with Crippen molar-refractivity contribution in [1.82, 2.24) is 9.62 Å². The third-order valence-electron chi connectivity index (χ3n) is 11.3. The van der Waals surface area contributed by atoms with Crippen molar-refractivity contribution in [2.24, 2.45) is 17.3 Å². The number of benzene rings is 2. The molecule has 3 aromatic rings. The highest BCUT2D eigenvalue weighted by molar-refractivity contribution is 7.89. The number of aryl methyl sites for hydroxylation is 3. The number of nitrogens with one attached hydrogen (secondary N) is 1. The lowest BCUT2D eigenvalue weighted by Gasteiger charge is -2.29. The van der Waals surface area contributed by atoms with Crippen molar-refractivity contribution in [3.8, 4) is 5.75 Å². The third kappa shape index (κ3) is 9.73. The monoisotopic (exact) mass is 796 g/mol. The Labute approximate surface area is 329 Å². The average molecular weight is 797 g/mol. The number of hydrogen-bond donors (Lipinski definition) is 2. The summed E-state index contributed by atoms with van der Waals surface area (Å²) in [5.41, 5.74) is 3.69. The summed E-state index contributed by atoms with van der Waals surface area (Å²) in [5, 5.41) is 13.2. The molecule has 1 amide bonds.